The third kappa shape index (κ3) is 3.29. The Labute approximate surface area is 186 Å². The maximum atomic E-state index is 13.5. The highest BCUT2D eigenvalue weighted by Crippen LogP contribution is 2.44. The predicted molar refractivity (Wildman–Crippen MR) is 119 cm³/mol. The molecule has 0 saturated carbocycles. The minimum Gasteiger partial charge on any atom is -0.313 e. The molecule has 5 rings (SSSR count). The molecule has 0 aliphatic carbocycles. The van der Waals surface area contributed by atoms with Gasteiger partial charge in [-0.2, -0.15) is 0 Å². The molecule has 1 aromatic heterocycles. The van der Waals surface area contributed by atoms with Gasteiger partial charge in [-0.3, -0.25) is 14.6 Å². The van der Waals surface area contributed by atoms with Crippen LogP contribution in [0.5, 0.6) is 0 Å². The molecule has 0 radical (unpaired) electrons. The summed E-state index contributed by atoms with van der Waals surface area (Å²) in [6, 6.07) is 21.0. The molecule has 1 atom stereocenters. The molecule has 3 aromatic rings. The quantitative estimate of drug-likeness (QED) is 0.626. The number of hydrogen-bond acceptors (Lipinski definition) is 3. The van der Waals surface area contributed by atoms with E-state index in [-0.39, 0.29) is 11.8 Å². The standard InChI is InChI=1S/C25H22ClN3O2/c26-20-11-9-19(10-12-20)25-17-22-21(7-4-14-27-22)24(31)29(25)16-15-28(25)23(30)13-8-18-5-2-1-3-6-18/h1-7,9-12,14H,8,13,15-17H2. The molecule has 2 aromatic carbocycles. The van der Waals surface area contributed by atoms with Crippen LogP contribution in [-0.2, 0) is 23.3 Å². The lowest BCUT2D eigenvalue weighted by atomic mass is 9.86. The van der Waals surface area contributed by atoms with E-state index in [0.717, 1.165) is 16.8 Å². The van der Waals surface area contributed by atoms with E-state index < -0.39 is 5.66 Å². The van der Waals surface area contributed by atoms with Crippen molar-refractivity contribution >= 4 is 23.4 Å². The molecule has 5 nitrogen and oxygen atoms in total. The van der Waals surface area contributed by atoms with Crippen LogP contribution in [0.1, 0.15) is 33.6 Å². The molecule has 156 valence electrons. The lowest BCUT2D eigenvalue weighted by Crippen LogP contribution is -2.58. The zero-order valence-electron chi connectivity index (χ0n) is 17.0. The lowest BCUT2D eigenvalue weighted by Gasteiger charge is -2.47. The SMILES string of the molecule is O=C(CCc1ccccc1)N1CCN2C(=O)c3cccnc3CC12c1ccc(Cl)cc1. The number of aryl methyl sites for hydroxylation is 1. The van der Waals surface area contributed by atoms with Gasteiger partial charge >= 0.3 is 0 Å². The predicted octanol–water partition coefficient (Wildman–Crippen LogP) is 4.06. The zero-order valence-corrected chi connectivity index (χ0v) is 17.8. The van der Waals surface area contributed by atoms with Crippen molar-refractivity contribution in [3.63, 3.8) is 0 Å². The van der Waals surface area contributed by atoms with Crippen LogP contribution < -0.4 is 0 Å². The smallest absolute Gasteiger partial charge is 0.257 e. The van der Waals surface area contributed by atoms with Gasteiger partial charge in [-0.1, -0.05) is 54.1 Å². The zero-order chi connectivity index (χ0) is 21.4. The maximum absolute atomic E-state index is 13.5. The van der Waals surface area contributed by atoms with Crippen LogP contribution in [0, 0.1) is 0 Å². The third-order valence-corrected chi connectivity index (χ3v) is 6.55. The summed E-state index contributed by atoms with van der Waals surface area (Å²) in [6.07, 6.45) is 3.22. The van der Waals surface area contributed by atoms with Crippen LogP contribution in [0.3, 0.4) is 0 Å². The summed E-state index contributed by atoms with van der Waals surface area (Å²) in [5, 5.41) is 0.618. The Morgan fingerprint density at radius 2 is 1.77 bits per heavy atom. The van der Waals surface area contributed by atoms with Crippen LogP contribution in [0.2, 0.25) is 5.02 Å². The van der Waals surface area contributed by atoms with Gasteiger partial charge < -0.3 is 9.80 Å². The Morgan fingerprint density at radius 3 is 2.55 bits per heavy atom. The topological polar surface area (TPSA) is 53.5 Å². The van der Waals surface area contributed by atoms with Crippen LogP contribution in [-0.4, -0.2) is 39.7 Å². The molecule has 0 bridgehead atoms. The first-order valence-electron chi connectivity index (χ1n) is 10.5. The van der Waals surface area contributed by atoms with E-state index in [1.54, 1.807) is 12.3 Å². The first-order valence-corrected chi connectivity index (χ1v) is 10.8. The summed E-state index contributed by atoms with van der Waals surface area (Å²) in [7, 11) is 0. The average Bonchev–Trinajstić information content (AvgIpc) is 3.19. The number of hydrogen-bond donors (Lipinski definition) is 0. The molecule has 31 heavy (non-hydrogen) atoms. The Balaban J connectivity index is 1.55. The summed E-state index contributed by atoms with van der Waals surface area (Å²) < 4.78 is 0. The first-order chi connectivity index (χ1) is 15.1. The summed E-state index contributed by atoms with van der Waals surface area (Å²) in [4.78, 5) is 35.1. The molecular formula is C25H22ClN3O2. The number of aromatic nitrogens is 1. The minimum absolute atomic E-state index is 0.0356. The normalized spacial score (nSPS) is 19.8. The Bertz CT molecular complexity index is 1130. The van der Waals surface area contributed by atoms with Crippen molar-refractivity contribution in [2.24, 2.45) is 0 Å². The van der Waals surface area contributed by atoms with Gasteiger partial charge in [0.15, 0.2) is 0 Å². The highest BCUT2D eigenvalue weighted by atomic mass is 35.5. The Hall–Kier alpha value is -3.18. The number of fused-ring (bicyclic) bond motifs is 2. The largest absolute Gasteiger partial charge is 0.313 e. The van der Waals surface area contributed by atoms with Crippen LogP contribution in [0.4, 0.5) is 0 Å². The van der Waals surface area contributed by atoms with Crippen LogP contribution >= 0.6 is 11.6 Å². The molecule has 2 aliphatic heterocycles. The monoisotopic (exact) mass is 431 g/mol. The van der Waals surface area contributed by atoms with E-state index in [9.17, 15) is 9.59 Å². The number of nitrogens with zero attached hydrogens (tertiary/aromatic N) is 3. The van der Waals surface area contributed by atoms with E-state index >= 15 is 0 Å². The summed E-state index contributed by atoms with van der Waals surface area (Å²) in [6.45, 7) is 0.989. The molecule has 0 spiro atoms. The molecule has 0 N–H and O–H groups in total. The average molecular weight is 432 g/mol. The third-order valence-electron chi connectivity index (χ3n) is 6.30. The van der Waals surface area contributed by atoms with Crippen molar-refractivity contribution in [1.82, 2.24) is 14.8 Å². The van der Waals surface area contributed by atoms with E-state index in [2.05, 4.69) is 4.98 Å². The van der Waals surface area contributed by atoms with Crippen molar-refractivity contribution < 1.29 is 9.59 Å². The molecule has 1 unspecified atom stereocenters. The van der Waals surface area contributed by atoms with Gasteiger partial charge in [0, 0.05) is 37.2 Å². The van der Waals surface area contributed by atoms with Gasteiger partial charge in [0.2, 0.25) is 5.91 Å². The van der Waals surface area contributed by atoms with Crippen molar-refractivity contribution in [2.75, 3.05) is 13.1 Å². The van der Waals surface area contributed by atoms with Crippen molar-refractivity contribution in [3.05, 3.63) is 100 Å². The second kappa shape index (κ2) is 7.82. The maximum Gasteiger partial charge on any atom is 0.257 e. The van der Waals surface area contributed by atoms with Gasteiger partial charge in [0.05, 0.1) is 11.3 Å². The van der Waals surface area contributed by atoms with Crippen molar-refractivity contribution in [2.45, 2.75) is 24.9 Å². The first kappa shape index (κ1) is 19.8. The number of carbonyl (C=O) groups is 2. The molecule has 2 amide bonds. The summed E-state index contributed by atoms with van der Waals surface area (Å²) >= 11 is 6.14. The Morgan fingerprint density at radius 1 is 1.00 bits per heavy atom. The van der Waals surface area contributed by atoms with Gasteiger partial charge in [-0.05, 0) is 41.8 Å². The van der Waals surface area contributed by atoms with E-state index in [1.807, 2.05) is 70.5 Å². The van der Waals surface area contributed by atoms with Gasteiger partial charge in [0.25, 0.3) is 5.91 Å². The Kier molecular flexibility index (Phi) is 4.98. The number of benzene rings is 2. The number of halogens is 1. The van der Waals surface area contributed by atoms with Crippen LogP contribution in [0.25, 0.3) is 0 Å². The minimum atomic E-state index is -0.878. The molecule has 2 aliphatic rings. The number of amides is 2. The second-order valence-corrected chi connectivity index (χ2v) is 8.42. The van der Waals surface area contributed by atoms with E-state index in [1.165, 1.54) is 0 Å². The van der Waals surface area contributed by atoms with Gasteiger partial charge in [-0.15, -0.1) is 0 Å². The number of pyridine rings is 1. The summed E-state index contributed by atoms with van der Waals surface area (Å²) in [5.74, 6) is -0.0452. The highest BCUT2D eigenvalue weighted by molar-refractivity contribution is 6.30. The highest BCUT2D eigenvalue weighted by Gasteiger charge is 2.55. The molecule has 1 saturated heterocycles. The van der Waals surface area contributed by atoms with Crippen molar-refractivity contribution in [3.8, 4) is 0 Å². The fraction of sp³-hybridized carbons (Fsp3) is 0.240. The molecule has 6 heteroatoms. The number of rotatable bonds is 4. The fourth-order valence-corrected chi connectivity index (χ4v) is 4.95. The van der Waals surface area contributed by atoms with E-state index in [4.69, 9.17) is 11.6 Å². The van der Waals surface area contributed by atoms with E-state index in [0.29, 0.717) is 42.9 Å². The fourth-order valence-electron chi connectivity index (χ4n) is 4.82. The lowest BCUT2D eigenvalue weighted by molar-refractivity contribution is -0.139. The van der Waals surface area contributed by atoms with Crippen LogP contribution in [0.15, 0.2) is 72.9 Å². The molecule has 3 heterocycles. The summed E-state index contributed by atoms with van der Waals surface area (Å²) in [5.41, 5.74) is 2.47. The molecular weight excluding hydrogens is 410 g/mol. The number of carbonyl (C=O) groups excluding carboxylic acids is 2. The second-order valence-electron chi connectivity index (χ2n) is 7.99. The molecule has 1 fully saturated rings. The van der Waals surface area contributed by atoms with Gasteiger partial charge in [-0.25, -0.2) is 0 Å². The van der Waals surface area contributed by atoms with Gasteiger partial charge in [0.1, 0.15) is 5.66 Å². The van der Waals surface area contributed by atoms with Crippen molar-refractivity contribution in [1.29, 1.82) is 0 Å².